The second-order valence-electron chi connectivity index (χ2n) is 4.07. The smallest absolute Gasteiger partial charge is 0.272 e. The molecule has 0 saturated carbocycles. The van der Waals surface area contributed by atoms with E-state index < -0.39 is 0 Å². The molecule has 18 heavy (non-hydrogen) atoms. The number of aryl methyl sites for hydroxylation is 1. The third kappa shape index (κ3) is 3.07. The molecular weight excluding hydrogens is 248 g/mol. The minimum atomic E-state index is -0.357. The number of hydrogen-bond acceptors (Lipinski definition) is 4. The average Bonchev–Trinajstić information content (AvgIpc) is 2.81. The maximum absolute atomic E-state index is 10.7. The second-order valence-corrected chi connectivity index (χ2v) is 4.85. The molecule has 4 nitrogen and oxygen atoms in total. The summed E-state index contributed by atoms with van der Waals surface area (Å²) < 4.78 is 0. The van der Waals surface area contributed by atoms with Crippen LogP contribution in [0.1, 0.15) is 11.1 Å². The van der Waals surface area contributed by atoms with Crippen LogP contribution in [-0.4, -0.2) is 11.5 Å². The lowest BCUT2D eigenvalue weighted by Crippen LogP contribution is -2.04. The van der Waals surface area contributed by atoms with E-state index >= 15 is 0 Å². The third-order valence-electron chi connectivity index (χ3n) is 2.72. The molecule has 0 radical (unpaired) electrons. The molecule has 0 aliphatic heterocycles. The van der Waals surface area contributed by atoms with E-state index in [1.54, 1.807) is 30.4 Å². The van der Waals surface area contributed by atoms with Crippen molar-refractivity contribution in [1.82, 2.24) is 0 Å². The van der Waals surface area contributed by atoms with Crippen LogP contribution in [0.3, 0.4) is 0 Å². The van der Waals surface area contributed by atoms with Crippen molar-refractivity contribution in [3.05, 3.63) is 56.3 Å². The van der Waals surface area contributed by atoms with Gasteiger partial charge in [-0.1, -0.05) is 0 Å². The molecule has 1 N–H and O–H groups in total. The van der Waals surface area contributed by atoms with E-state index in [1.165, 1.54) is 5.56 Å². The van der Waals surface area contributed by atoms with E-state index in [0.717, 1.165) is 18.7 Å². The van der Waals surface area contributed by atoms with Crippen molar-refractivity contribution in [2.75, 3.05) is 11.9 Å². The number of rotatable bonds is 5. The Morgan fingerprint density at radius 1 is 1.39 bits per heavy atom. The van der Waals surface area contributed by atoms with Crippen LogP contribution in [0.4, 0.5) is 11.4 Å². The highest BCUT2D eigenvalue weighted by Crippen LogP contribution is 2.21. The predicted octanol–water partition coefficient (Wildman–Crippen LogP) is 3.62. The van der Waals surface area contributed by atoms with Crippen LogP contribution in [0.5, 0.6) is 0 Å². The SMILES string of the molecule is Cc1cc(NCCc2ccsc2)ccc1[N+](=O)[O-]. The van der Waals surface area contributed by atoms with Gasteiger partial charge in [0.15, 0.2) is 0 Å². The van der Waals surface area contributed by atoms with Gasteiger partial charge in [-0.3, -0.25) is 10.1 Å². The van der Waals surface area contributed by atoms with Crippen molar-refractivity contribution >= 4 is 22.7 Å². The average molecular weight is 262 g/mol. The number of hydrogen-bond donors (Lipinski definition) is 1. The molecule has 0 amide bonds. The van der Waals surface area contributed by atoms with E-state index in [9.17, 15) is 10.1 Å². The lowest BCUT2D eigenvalue weighted by molar-refractivity contribution is -0.385. The highest BCUT2D eigenvalue weighted by molar-refractivity contribution is 7.07. The monoisotopic (exact) mass is 262 g/mol. The van der Waals surface area contributed by atoms with Gasteiger partial charge in [0.2, 0.25) is 0 Å². The number of nitrogens with zero attached hydrogens (tertiary/aromatic N) is 1. The summed E-state index contributed by atoms with van der Waals surface area (Å²) in [5.74, 6) is 0. The highest BCUT2D eigenvalue weighted by atomic mass is 32.1. The second kappa shape index (κ2) is 5.64. The summed E-state index contributed by atoms with van der Waals surface area (Å²) in [6.45, 7) is 2.58. The Hall–Kier alpha value is -1.88. The number of anilines is 1. The Labute approximate surface area is 109 Å². The van der Waals surface area contributed by atoms with Gasteiger partial charge >= 0.3 is 0 Å². The molecule has 2 aromatic rings. The van der Waals surface area contributed by atoms with Gasteiger partial charge in [0, 0.05) is 23.9 Å². The molecule has 0 spiro atoms. The maximum Gasteiger partial charge on any atom is 0.272 e. The first kappa shape index (κ1) is 12.6. The van der Waals surface area contributed by atoms with E-state index in [4.69, 9.17) is 0 Å². The van der Waals surface area contributed by atoms with Crippen molar-refractivity contribution in [1.29, 1.82) is 0 Å². The largest absolute Gasteiger partial charge is 0.385 e. The zero-order chi connectivity index (χ0) is 13.0. The zero-order valence-corrected chi connectivity index (χ0v) is 10.9. The van der Waals surface area contributed by atoms with Gasteiger partial charge in [-0.05, 0) is 47.9 Å². The molecule has 0 aliphatic carbocycles. The third-order valence-corrected chi connectivity index (χ3v) is 3.45. The summed E-state index contributed by atoms with van der Waals surface area (Å²) in [5, 5.41) is 18.1. The van der Waals surface area contributed by atoms with Crippen LogP contribution in [0.15, 0.2) is 35.0 Å². The minimum Gasteiger partial charge on any atom is -0.385 e. The minimum absolute atomic E-state index is 0.165. The Balaban J connectivity index is 1.94. The van der Waals surface area contributed by atoms with Gasteiger partial charge in [0.1, 0.15) is 0 Å². The van der Waals surface area contributed by atoms with Crippen LogP contribution < -0.4 is 5.32 Å². The molecule has 0 aliphatic rings. The van der Waals surface area contributed by atoms with Gasteiger partial charge < -0.3 is 5.32 Å². The maximum atomic E-state index is 10.7. The lowest BCUT2D eigenvalue weighted by Gasteiger charge is -2.06. The molecule has 0 fully saturated rings. The van der Waals surface area contributed by atoms with Crippen LogP contribution in [-0.2, 0) is 6.42 Å². The fraction of sp³-hybridized carbons (Fsp3) is 0.231. The van der Waals surface area contributed by atoms with E-state index in [1.807, 2.05) is 6.07 Å². The normalized spacial score (nSPS) is 10.3. The number of thiophene rings is 1. The van der Waals surface area contributed by atoms with Gasteiger partial charge in [-0.15, -0.1) is 0 Å². The molecule has 5 heteroatoms. The van der Waals surface area contributed by atoms with E-state index in [2.05, 4.69) is 22.1 Å². The van der Waals surface area contributed by atoms with Gasteiger partial charge in [0.05, 0.1) is 4.92 Å². The quantitative estimate of drug-likeness (QED) is 0.661. The molecule has 0 atom stereocenters. The summed E-state index contributed by atoms with van der Waals surface area (Å²) in [5.41, 5.74) is 3.08. The van der Waals surface area contributed by atoms with Crippen molar-refractivity contribution < 1.29 is 4.92 Å². The number of nitro groups is 1. The summed E-state index contributed by atoms with van der Waals surface area (Å²) >= 11 is 1.69. The van der Waals surface area contributed by atoms with Gasteiger partial charge in [-0.2, -0.15) is 11.3 Å². The van der Waals surface area contributed by atoms with E-state index in [0.29, 0.717) is 5.56 Å². The number of nitrogens with one attached hydrogen (secondary N) is 1. The molecule has 1 aromatic heterocycles. The fourth-order valence-electron chi connectivity index (χ4n) is 1.76. The van der Waals surface area contributed by atoms with Gasteiger partial charge in [0.25, 0.3) is 5.69 Å². The molecule has 2 rings (SSSR count). The lowest BCUT2D eigenvalue weighted by atomic mass is 10.1. The van der Waals surface area contributed by atoms with Crippen LogP contribution in [0.25, 0.3) is 0 Å². The van der Waals surface area contributed by atoms with Gasteiger partial charge in [-0.25, -0.2) is 0 Å². The molecule has 0 bridgehead atoms. The summed E-state index contributed by atoms with van der Waals surface area (Å²) in [6.07, 6.45) is 0.958. The van der Waals surface area contributed by atoms with Crippen LogP contribution in [0, 0.1) is 17.0 Å². The zero-order valence-electron chi connectivity index (χ0n) is 10.1. The first-order valence-corrected chi connectivity index (χ1v) is 6.61. The van der Waals surface area contributed by atoms with Crippen molar-refractivity contribution in [2.45, 2.75) is 13.3 Å². The Kier molecular flexibility index (Phi) is 3.94. The standard InChI is InChI=1S/C13H14N2O2S/c1-10-8-12(2-3-13(10)15(16)17)14-6-4-11-5-7-18-9-11/h2-3,5,7-9,14H,4,6H2,1H3. The summed E-state index contributed by atoms with van der Waals surface area (Å²) in [7, 11) is 0. The predicted molar refractivity (Wildman–Crippen MR) is 74.3 cm³/mol. The van der Waals surface area contributed by atoms with E-state index in [-0.39, 0.29) is 10.6 Å². The molecule has 1 heterocycles. The molecule has 94 valence electrons. The fourth-order valence-corrected chi connectivity index (χ4v) is 2.46. The van der Waals surface area contributed by atoms with Crippen molar-refractivity contribution in [3.63, 3.8) is 0 Å². The molecule has 0 saturated heterocycles. The Morgan fingerprint density at radius 3 is 2.83 bits per heavy atom. The molecular formula is C13H14N2O2S. The Bertz CT molecular complexity index is 538. The van der Waals surface area contributed by atoms with Crippen molar-refractivity contribution in [2.24, 2.45) is 0 Å². The van der Waals surface area contributed by atoms with Crippen LogP contribution in [0.2, 0.25) is 0 Å². The van der Waals surface area contributed by atoms with Crippen LogP contribution >= 0.6 is 11.3 Å². The topological polar surface area (TPSA) is 55.2 Å². The number of nitro benzene ring substituents is 1. The summed E-state index contributed by atoms with van der Waals surface area (Å²) in [6, 6.07) is 7.21. The number of benzene rings is 1. The molecule has 1 aromatic carbocycles. The van der Waals surface area contributed by atoms with Crippen molar-refractivity contribution in [3.8, 4) is 0 Å². The molecule has 0 unspecified atom stereocenters. The highest BCUT2D eigenvalue weighted by Gasteiger charge is 2.09. The first-order chi connectivity index (χ1) is 8.66. The summed E-state index contributed by atoms with van der Waals surface area (Å²) in [4.78, 5) is 10.3. The Morgan fingerprint density at radius 2 is 2.22 bits per heavy atom. The first-order valence-electron chi connectivity index (χ1n) is 5.67.